The van der Waals surface area contributed by atoms with E-state index in [1.807, 2.05) is 18.2 Å². The van der Waals surface area contributed by atoms with Gasteiger partial charge in [-0.05, 0) is 24.3 Å². The van der Waals surface area contributed by atoms with Gasteiger partial charge in [-0.1, -0.05) is 18.2 Å². The standard InChI is InChI=1S/C14H14O5/c15-11(9-18-12-5-2-1-3-6-12)10-19-14(16)13-7-4-8-17-13/h1-8,11,15H,9-10H2. The van der Waals surface area contributed by atoms with Crippen LogP contribution in [0.1, 0.15) is 10.6 Å². The third-order valence-electron chi connectivity index (χ3n) is 2.31. The maximum Gasteiger partial charge on any atom is 0.374 e. The molecule has 0 aliphatic carbocycles. The molecule has 100 valence electrons. The van der Waals surface area contributed by atoms with Crippen molar-refractivity contribution in [1.29, 1.82) is 0 Å². The van der Waals surface area contributed by atoms with E-state index in [9.17, 15) is 9.90 Å². The normalized spacial score (nSPS) is 11.8. The molecule has 1 unspecified atom stereocenters. The SMILES string of the molecule is O=C(OCC(O)COc1ccccc1)c1ccco1. The molecule has 5 heteroatoms. The number of aliphatic hydroxyl groups is 1. The van der Waals surface area contributed by atoms with Crippen molar-refractivity contribution in [2.24, 2.45) is 0 Å². The van der Waals surface area contributed by atoms with Crippen molar-refractivity contribution in [3.05, 3.63) is 54.5 Å². The molecule has 1 aromatic heterocycles. The molecule has 2 aromatic rings. The lowest BCUT2D eigenvalue weighted by Gasteiger charge is -2.12. The quantitative estimate of drug-likeness (QED) is 0.805. The van der Waals surface area contributed by atoms with Crippen LogP contribution in [0.2, 0.25) is 0 Å². The Bertz CT molecular complexity index is 492. The average Bonchev–Trinajstić information content (AvgIpc) is 2.98. The van der Waals surface area contributed by atoms with Crippen LogP contribution >= 0.6 is 0 Å². The molecule has 0 aliphatic heterocycles. The van der Waals surface area contributed by atoms with E-state index in [1.165, 1.54) is 12.3 Å². The van der Waals surface area contributed by atoms with E-state index in [4.69, 9.17) is 13.9 Å². The van der Waals surface area contributed by atoms with E-state index < -0.39 is 12.1 Å². The van der Waals surface area contributed by atoms with Crippen molar-refractivity contribution < 1.29 is 23.8 Å². The molecular formula is C14H14O5. The summed E-state index contributed by atoms with van der Waals surface area (Å²) in [7, 11) is 0. The number of aliphatic hydroxyl groups excluding tert-OH is 1. The molecule has 0 saturated carbocycles. The number of furan rings is 1. The summed E-state index contributed by atoms with van der Waals surface area (Å²) in [6.45, 7) is -0.0954. The summed E-state index contributed by atoms with van der Waals surface area (Å²) < 4.78 is 15.1. The third kappa shape index (κ3) is 4.15. The topological polar surface area (TPSA) is 68.9 Å². The van der Waals surface area contributed by atoms with Crippen LogP contribution in [-0.4, -0.2) is 30.4 Å². The van der Waals surface area contributed by atoms with E-state index >= 15 is 0 Å². The van der Waals surface area contributed by atoms with Crippen LogP contribution < -0.4 is 4.74 Å². The van der Waals surface area contributed by atoms with Gasteiger partial charge in [0, 0.05) is 0 Å². The zero-order chi connectivity index (χ0) is 13.5. The summed E-state index contributed by atoms with van der Waals surface area (Å²) in [5.41, 5.74) is 0. The van der Waals surface area contributed by atoms with Gasteiger partial charge in [-0.15, -0.1) is 0 Å². The van der Waals surface area contributed by atoms with E-state index in [-0.39, 0.29) is 19.0 Å². The minimum Gasteiger partial charge on any atom is -0.491 e. The van der Waals surface area contributed by atoms with Crippen molar-refractivity contribution >= 4 is 5.97 Å². The number of esters is 1. The molecule has 2 rings (SSSR count). The van der Waals surface area contributed by atoms with Gasteiger partial charge in [0.1, 0.15) is 25.1 Å². The van der Waals surface area contributed by atoms with Crippen molar-refractivity contribution in [2.45, 2.75) is 6.10 Å². The van der Waals surface area contributed by atoms with Gasteiger partial charge in [0.15, 0.2) is 0 Å². The minimum atomic E-state index is -0.890. The van der Waals surface area contributed by atoms with Gasteiger partial charge in [0.2, 0.25) is 5.76 Å². The Morgan fingerprint density at radius 1 is 1.16 bits per heavy atom. The molecule has 1 atom stereocenters. The molecule has 1 N–H and O–H groups in total. The van der Waals surface area contributed by atoms with Crippen molar-refractivity contribution in [3.63, 3.8) is 0 Å². The van der Waals surface area contributed by atoms with Gasteiger partial charge in [-0.25, -0.2) is 4.79 Å². The van der Waals surface area contributed by atoms with Crippen LogP contribution in [0.25, 0.3) is 0 Å². The molecule has 0 bridgehead atoms. The zero-order valence-corrected chi connectivity index (χ0v) is 10.2. The molecule has 0 radical (unpaired) electrons. The summed E-state index contributed by atoms with van der Waals surface area (Å²) in [5, 5.41) is 9.62. The Balaban J connectivity index is 1.70. The zero-order valence-electron chi connectivity index (χ0n) is 10.2. The summed E-state index contributed by atoms with van der Waals surface area (Å²) in [5.74, 6) is 0.152. The minimum absolute atomic E-state index is 0.0510. The van der Waals surface area contributed by atoms with Crippen LogP contribution in [-0.2, 0) is 4.74 Å². The van der Waals surface area contributed by atoms with Crippen LogP contribution in [0.5, 0.6) is 5.75 Å². The van der Waals surface area contributed by atoms with E-state index in [1.54, 1.807) is 18.2 Å². The van der Waals surface area contributed by atoms with Crippen LogP contribution in [0, 0.1) is 0 Å². The highest BCUT2D eigenvalue weighted by molar-refractivity contribution is 5.86. The van der Waals surface area contributed by atoms with E-state index in [2.05, 4.69) is 0 Å². The molecular weight excluding hydrogens is 248 g/mol. The summed E-state index contributed by atoms with van der Waals surface area (Å²) in [4.78, 5) is 11.4. The number of rotatable bonds is 6. The Morgan fingerprint density at radius 2 is 1.95 bits per heavy atom. The number of carbonyl (C=O) groups is 1. The van der Waals surface area contributed by atoms with Crippen molar-refractivity contribution in [3.8, 4) is 5.75 Å². The molecule has 0 saturated heterocycles. The first kappa shape index (κ1) is 13.2. The Morgan fingerprint density at radius 3 is 2.63 bits per heavy atom. The molecule has 0 fully saturated rings. The largest absolute Gasteiger partial charge is 0.491 e. The third-order valence-corrected chi connectivity index (χ3v) is 2.31. The van der Waals surface area contributed by atoms with Crippen LogP contribution in [0.15, 0.2) is 53.1 Å². The van der Waals surface area contributed by atoms with Crippen LogP contribution in [0.3, 0.4) is 0 Å². The Labute approximate surface area is 110 Å². The van der Waals surface area contributed by atoms with Gasteiger partial charge in [0.05, 0.1) is 6.26 Å². The second-order valence-corrected chi connectivity index (χ2v) is 3.85. The maximum atomic E-state index is 11.4. The number of carbonyl (C=O) groups excluding carboxylic acids is 1. The number of benzene rings is 1. The predicted molar refractivity (Wildman–Crippen MR) is 66.9 cm³/mol. The summed E-state index contributed by atoms with van der Waals surface area (Å²) >= 11 is 0. The van der Waals surface area contributed by atoms with Gasteiger partial charge in [-0.2, -0.15) is 0 Å². The number of hydrogen-bond donors (Lipinski definition) is 1. The number of para-hydroxylation sites is 1. The van der Waals surface area contributed by atoms with Crippen LogP contribution in [0.4, 0.5) is 0 Å². The first-order valence-corrected chi connectivity index (χ1v) is 5.82. The summed E-state index contributed by atoms with van der Waals surface area (Å²) in [6.07, 6.45) is 0.491. The lowest BCUT2D eigenvalue weighted by Crippen LogP contribution is -2.25. The second-order valence-electron chi connectivity index (χ2n) is 3.85. The van der Waals surface area contributed by atoms with Gasteiger partial charge in [0.25, 0.3) is 0 Å². The molecule has 0 amide bonds. The molecule has 0 aliphatic rings. The number of hydrogen-bond acceptors (Lipinski definition) is 5. The fourth-order valence-electron chi connectivity index (χ4n) is 1.39. The Kier molecular flexibility index (Phi) is 4.58. The smallest absolute Gasteiger partial charge is 0.374 e. The van der Waals surface area contributed by atoms with Gasteiger partial charge >= 0.3 is 5.97 Å². The highest BCUT2D eigenvalue weighted by Gasteiger charge is 2.13. The highest BCUT2D eigenvalue weighted by atomic mass is 16.6. The number of ether oxygens (including phenoxy) is 2. The second kappa shape index (κ2) is 6.61. The molecule has 0 spiro atoms. The molecule has 5 nitrogen and oxygen atoms in total. The van der Waals surface area contributed by atoms with Crippen molar-refractivity contribution in [2.75, 3.05) is 13.2 Å². The first-order chi connectivity index (χ1) is 9.25. The van der Waals surface area contributed by atoms with Gasteiger partial charge < -0.3 is 19.0 Å². The van der Waals surface area contributed by atoms with Crippen molar-refractivity contribution in [1.82, 2.24) is 0 Å². The fraction of sp³-hybridized carbons (Fsp3) is 0.214. The predicted octanol–water partition coefficient (Wildman–Crippen LogP) is 1.88. The molecule has 1 heterocycles. The highest BCUT2D eigenvalue weighted by Crippen LogP contribution is 2.09. The lowest BCUT2D eigenvalue weighted by molar-refractivity contribution is 0.0106. The molecule has 1 aromatic carbocycles. The van der Waals surface area contributed by atoms with E-state index in [0.29, 0.717) is 5.75 Å². The average molecular weight is 262 g/mol. The molecule has 19 heavy (non-hydrogen) atoms. The monoisotopic (exact) mass is 262 g/mol. The lowest BCUT2D eigenvalue weighted by atomic mass is 10.3. The fourth-order valence-corrected chi connectivity index (χ4v) is 1.39. The summed E-state index contributed by atoms with van der Waals surface area (Å²) in [6, 6.07) is 12.2. The van der Waals surface area contributed by atoms with Gasteiger partial charge in [-0.3, -0.25) is 0 Å². The Hall–Kier alpha value is -2.27. The first-order valence-electron chi connectivity index (χ1n) is 5.82. The van der Waals surface area contributed by atoms with E-state index in [0.717, 1.165) is 0 Å². The maximum absolute atomic E-state index is 11.4.